The van der Waals surface area contributed by atoms with E-state index in [-0.39, 0.29) is 11.9 Å². The maximum absolute atomic E-state index is 12.7. The van der Waals surface area contributed by atoms with Gasteiger partial charge in [-0.25, -0.2) is 0 Å². The second-order valence-electron chi connectivity index (χ2n) is 5.70. The highest BCUT2D eigenvalue weighted by molar-refractivity contribution is 6.05. The number of amides is 1. The highest BCUT2D eigenvalue weighted by Crippen LogP contribution is 2.16. The fraction of sp³-hybridized carbons (Fsp3) is 0.158. The summed E-state index contributed by atoms with van der Waals surface area (Å²) < 4.78 is 0. The molecule has 0 aliphatic heterocycles. The third-order valence-electron chi connectivity index (χ3n) is 3.99. The number of benzene rings is 2. The monoisotopic (exact) mass is 320 g/mol. The molecule has 0 atom stereocenters. The summed E-state index contributed by atoms with van der Waals surface area (Å²) in [5.74, 6) is -0.501. The van der Waals surface area contributed by atoms with Gasteiger partial charge in [0.15, 0.2) is 5.96 Å². The van der Waals surface area contributed by atoms with Gasteiger partial charge in [0.05, 0.1) is 0 Å². The van der Waals surface area contributed by atoms with Crippen molar-refractivity contribution >= 4 is 22.8 Å². The molecule has 0 unspecified atom stereocenters. The molecule has 0 aliphatic rings. The van der Waals surface area contributed by atoms with Crippen LogP contribution in [0, 0.1) is 5.41 Å². The molecule has 1 amide bonds. The molecule has 0 saturated heterocycles. The number of para-hydroxylation sites is 1. The molecule has 0 bridgehead atoms. The van der Waals surface area contributed by atoms with Gasteiger partial charge < -0.3 is 10.7 Å². The molecule has 0 radical (unpaired) electrons. The molecule has 5 nitrogen and oxygen atoms in total. The van der Waals surface area contributed by atoms with E-state index in [9.17, 15) is 4.79 Å². The lowest BCUT2D eigenvalue weighted by atomic mass is 10.1. The average molecular weight is 320 g/mol. The molecule has 122 valence electrons. The lowest BCUT2D eigenvalue weighted by Crippen LogP contribution is -2.42. The predicted molar refractivity (Wildman–Crippen MR) is 96.0 cm³/mol. The number of nitrogens with zero attached hydrogens (tertiary/aromatic N) is 1. The van der Waals surface area contributed by atoms with E-state index in [2.05, 4.69) is 17.1 Å². The first kappa shape index (κ1) is 15.8. The number of hydrogen-bond acceptors (Lipinski definition) is 2. The van der Waals surface area contributed by atoms with Crippen LogP contribution in [-0.2, 0) is 6.42 Å². The number of H-pyrrole nitrogens is 1. The number of hydrogen-bond donors (Lipinski definition) is 3. The maximum atomic E-state index is 12.7. The van der Waals surface area contributed by atoms with Crippen molar-refractivity contribution in [3.8, 4) is 0 Å². The van der Waals surface area contributed by atoms with Gasteiger partial charge in [0.25, 0.3) is 5.91 Å². The van der Waals surface area contributed by atoms with E-state index < -0.39 is 0 Å². The molecule has 0 fully saturated rings. The summed E-state index contributed by atoms with van der Waals surface area (Å²) in [6, 6.07) is 19.6. The van der Waals surface area contributed by atoms with Crippen LogP contribution in [0.15, 0.2) is 60.7 Å². The fourth-order valence-corrected chi connectivity index (χ4v) is 2.75. The number of guanidine groups is 1. The summed E-state index contributed by atoms with van der Waals surface area (Å²) in [4.78, 5) is 17.1. The highest BCUT2D eigenvalue weighted by atomic mass is 16.2. The van der Waals surface area contributed by atoms with Gasteiger partial charge in [-0.1, -0.05) is 48.5 Å². The number of fused-ring (bicyclic) bond motifs is 1. The van der Waals surface area contributed by atoms with Gasteiger partial charge in [0.1, 0.15) is 5.69 Å². The first-order chi connectivity index (χ1) is 11.6. The van der Waals surface area contributed by atoms with Gasteiger partial charge in [-0.05, 0) is 30.5 Å². The van der Waals surface area contributed by atoms with Gasteiger partial charge in [0.2, 0.25) is 0 Å². The number of aromatic amines is 1. The van der Waals surface area contributed by atoms with Crippen LogP contribution < -0.4 is 5.73 Å². The Bertz CT molecular complexity index is 821. The van der Waals surface area contributed by atoms with Gasteiger partial charge >= 0.3 is 0 Å². The Balaban J connectivity index is 1.70. The Morgan fingerprint density at radius 1 is 1.08 bits per heavy atom. The summed E-state index contributed by atoms with van der Waals surface area (Å²) in [5.41, 5.74) is 8.18. The van der Waals surface area contributed by atoms with Crippen molar-refractivity contribution in [1.82, 2.24) is 9.88 Å². The largest absolute Gasteiger partial charge is 0.370 e. The fourth-order valence-electron chi connectivity index (χ4n) is 2.75. The third-order valence-corrected chi connectivity index (χ3v) is 3.99. The number of carbonyl (C=O) groups excluding carboxylic acids is 1. The normalized spacial score (nSPS) is 10.7. The minimum Gasteiger partial charge on any atom is -0.370 e. The first-order valence-corrected chi connectivity index (χ1v) is 7.93. The van der Waals surface area contributed by atoms with Crippen LogP contribution in [-0.4, -0.2) is 28.3 Å². The summed E-state index contributed by atoms with van der Waals surface area (Å²) >= 11 is 0. The Labute approximate surface area is 140 Å². The second kappa shape index (κ2) is 7.00. The van der Waals surface area contributed by atoms with Crippen molar-refractivity contribution in [3.63, 3.8) is 0 Å². The summed E-state index contributed by atoms with van der Waals surface area (Å²) in [6.07, 6.45) is 1.58. The van der Waals surface area contributed by atoms with Gasteiger partial charge in [-0.2, -0.15) is 0 Å². The topological polar surface area (TPSA) is 86.0 Å². The lowest BCUT2D eigenvalue weighted by molar-refractivity contribution is 0.0839. The molecule has 3 aromatic rings. The molecule has 0 spiro atoms. The van der Waals surface area contributed by atoms with Crippen LogP contribution in [0.5, 0.6) is 0 Å². The smallest absolute Gasteiger partial charge is 0.276 e. The molecular formula is C19H20N4O. The number of carbonyl (C=O) groups is 1. The molecule has 3 rings (SSSR count). The molecular weight excluding hydrogens is 300 g/mol. The van der Waals surface area contributed by atoms with E-state index in [1.807, 2.05) is 42.5 Å². The van der Waals surface area contributed by atoms with Crippen LogP contribution in [0.25, 0.3) is 10.9 Å². The molecule has 5 heteroatoms. The SMILES string of the molecule is N=C(N)N(CCCc1ccccc1)C(=O)c1cc2ccccc2[nH]1. The van der Waals surface area contributed by atoms with Crippen molar-refractivity contribution in [1.29, 1.82) is 5.41 Å². The Morgan fingerprint density at radius 3 is 2.50 bits per heavy atom. The van der Waals surface area contributed by atoms with E-state index >= 15 is 0 Å². The van der Waals surface area contributed by atoms with Crippen molar-refractivity contribution in [2.45, 2.75) is 12.8 Å². The molecule has 24 heavy (non-hydrogen) atoms. The van der Waals surface area contributed by atoms with E-state index in [0.717, 1.165) is 23.7 Å². The summed E-state index contributed by atoms with van der Waals surface area (Å²) in [6.45, 7) is 0.415. The Kier molecular flexibility index (Phi) is 4.61. The number of aromatic nitrogens is 1. The van der Waals surface area contributed by atoms with Crippen molar-refractivity contribution < 1.29 is 4.79 Å². The molecule has 0 aliphatic carbocycles. The summed E-state index contributed by atoms with van der Waals surface area (Å²) in [7, 11) is 0. The quantitative estimate of drug-likeness (QED) is 0.498. The lowest BCUT2D eigenvalue weighted by Gasteiger charge is -2.19. The van der Waals surface area contributed by atoms with Crippen molar-refractivity contribution in [3.05, 3.63) is 71.9 Å². The highest BCUT2D eigenvalue weighted by Gasteiger charge is 2.19. The van der Waals surface area contributed by atoms with E-state index in [0.29, 0.717) is 12.2 Å². The Hall–Kier alpha value is -3.08. The molecule has 1 aromatic heterocycles. The maximum Gasteiger partial charge on any atom is 0.276 e. The molecule has 0 saturated carbocycles. The molecule has 4 N–H and O–H groups in total. The first-order valence-electron chi connectivity index (χ1n) is 7.93. The second-order valence-corrected chi connectivity index (χ2v) is 5.70. The standard InChI is InChI=1S/C19H20N4O/c20-19(21)23(12-6-9-14-7-2-1-3-8-14)18(24)17-13-15-10-4-5-11-16(15)22-17/h1-5,7-8,10-11,13,22H,6,9,12H2,(H3,20,21). The van der Waals surface area contributed by atoms with Crippen LogP contribution in [0.2, 0.25) is 0 Å². The third kappa shape index (κ3) is 3.46. The Morgan fingerprint density at radius 2 is 1.79 bits per heavy atom. The van der Waals surface area contributed by atoms with Gasteiger partial charge in [-0.15, -0.1) is 0 Å². The number of rotatable bonds is 5. The summed E-state index contributed by atoms with van der Waals surface area (Å²) in [5, 5.41) is 8.68. The zero-order valence-electron chi connectivity index (χ0n) is 13.3. The van der Waals surface area contributed by atoms with Gasteiger partial charge in [-0.3, -0.25) is 15.1 Å². The van der Waals surface area contributed by atoms with Crippen LogP contribution in [0.3, 0.4) is 0 Å². The van der Waals surface area contributed by atoms with E-state index in [1.54, 1.807) is 6.07 Å². The van der Waals surface area contributed by atoms with Crippen LogP contribution >= 0.6 is 0 Å². The van der Waals surface area contributed by atoms with Crippen molar-refractivity contribution in [2.75, 3.05) is 6.54 Å². The number of nitrogens with one attached hydrogen (secondary N) is 2. The van der Waals surface area contributed by atoms with E-state index in [1.165, 1.54) is 10.5 Å². The van der Waals surface area contributed by atoms with Gasteiger partial charge in [0, 0.05) is 17.4 Å². The zero-order valence-corrected chi connectivity index (χ0v) is 13.3. The van der Waals surface area contributed by atoms with Crippen molar-refractivity contribution in [2.24, 2.45) is 5.73 Å². The predicted octanol–water partition coefficient (Wildman–Crippen LogP) is 3.14. The number of aryl methyl sites for hydroxylation is 1. The molecule has 2 aromatic carbocycles. The molecule has 1 heterocycles. The van der Waals surface area contributed by atoms with E-state index in [4.69, 9.17) is 11.1 Å². The zero-order chi connectivity index (χ0) is 16.9. The van der Waals surface area contributed by atoms with Crippen LogP contribution in [0.1, 0.15) is 22.5 Å². The minimum absolute atomic E-state index is 0.230. The minimum atomic E-state index is -0.272. The van der Waals surface area contributed by atoms with Crippen LogP contribution in [0.4, 0.5) is 0 Å². The number of nitrogens with two attached hydrogens (primary N) is 1. The average Bonchev–Trinajstić information content (AvgIpc) is 3.03.